The number of alkyl carbamates (subject to hydrolysis) is 1. The molecule has 186 valence electrons. The van der Waals surface area contributed by atoms with Gasteiger partial charge in [-0.1, -0.05) is 67.8 Å². The minimum atomic E-state index is -1.16. The maximum absolute atomic E-state index is 12.3. The van der Waals surface area contributed by atoms with Crippen LogP contribution in [-0.4, -0.2) is 53.5 Å². The normalized spacial score (nSPS) is 17.1. The molecule has 2 aromatic rings. The first-order valence-corrected chi connectivity index (χ1v) is 12.2. The molecule has 2 unspecified atom stereocenters. The topological polar surface area (TPSA) is 125 Å². The number of hydrogen-bond donors (Lipinski definition) is 4. The van der Waals surface area contributed by atoms with Crippen molar-refractivity contribution in [1.82, 2.24) is 10.6 Å². The van der Waals surface area contributed by atoms with E-state index in [-0.39, 0.29) is 31.4 Å². The van der Waals surface area contributed by atoms with E-state index in [4.69, 9.17) is 4.74 Å². The summed E-state index contributed by atoms with van der Waals surface area (Å²) in [4.78, 5) is 36.2. The first kappa shape index (κ1) is 24.7. The first-order valence-electron chi connectivity index (χ1n) is 12.2. The fourth-order valence-electron chi connectivity index (χ4n) is 5.22. The van der Waals surface area contributed by atoms with Crippen LogP contribution < -0.4 is 10.6 Å². The van der Waals surface area contributed by atoms with Crippen LogP contribution in [0.5, 0.6) is 0 Å². The average Bonchev–Trinajstić information content (AvgIpc) is 3.19. The monoisotopic (exact) mass is 480 g/mol. The number of benzene rings is 2. The Labute approximate surface area is 204 Å². The lowest BCUT2D eigenvalue weighted by Crippen LogP contribution is -2.47. The zero-order chi connectivity index (χ0) is 24.8. The van der Waals surface area contributed by atoms with Gasteiger partial charge in [-0.15, -0.1) is 0 Å². The number of aliphatic hydroxyl groups is 1. The van der Waals surface area contributed by atoms with Crippen molar-refractivity contribution in [2.24, 2.45) is 5.92 Å². The van der Waals surface area contributed by atoms with Crippen LogP contribution in [0.1, 0.15) is 55.6 Å². The van der Waals surface area contributed by atoms with Gasteiger partial charge in [0.1, 0.15) is 12.6 Å². The Morgan fingerprint density at radius 1 is 0.943 bits per heavy atom. The number of hydrogen-bond acceptors (Lipinski definition) is 5. The number of rotatable bonds is 9. The molecule has 0 aromatic heterocycles. The molecule has 1 fully saturated rings. The van der Waals surface area contributed by atoms with Crippen molar-refractivity contribution >= 4 is 18.0 Å². The lowest BCUT2D eigenvalue weighted by Gasteiger charge is -2.28. The lowest BCUT2D eigenvalue weighted by atomic mass is 9.84. The summed E-state index contributed by atoms with van der Waals surface area (Å²) >= 11 is 0. The van der Waals surface area contributed by atoms with Gasteiger partial charge in [0.2, 0.25) is 5.91 Å². The van der Waals surface area contributed by atoms with Crippen molar-refractivity contribution in [2.45, 2.75) is 56.6 Å². The van der Waals surface area contributed by atoms with E-state index in [1.54, 1.807) is 0 Å². The molecule has 0 aliphatic heterocycles. The molecule has 0 bridgehead atoms. The second-order valence-corrected chi connectivity index (χ2v) is 9.35. The van der Waals surface area contributed by atoms with E-state index in [9.17, 15) is 24.6 Å². The van der Waals surface area contributed by atoms with Crippen LogP contribution in [0, 0.1) is 5.92 Å². The van der Waals surface area contributed by atoms with Gasteiger partial charge < -0.3 is 25.6 Å². The number of carboxylic acid groups (broad SMARTS) is 1. The van der Waals surface area contributed by atoms with Crippen molar-refractivity contribution in [1.29, 1.82) is 0 Å². The number of carbonyl (C=O) groups is 3. The fourth-order valence-corrected chi connectivity index (χ4v) is 5.22. The van der Waals surface area contributed by atoms with Crippen molar-refractivity contribution in [3.8, 4) is 11.1 Å². The molecular weight excluding hydrogens is 448 g/mol. The van der Waals surface area contributed by atoms with Gasteiger partial charge in [0.05, 0.1) is 12.5 Å². The second kappa shape index (κ2) is 11.4. The van der Waals surface area contributed by atoms with Gasteiger partial charge in [0.15, 0.2) is 0 Å². The number of aliphatic carboxylic acids is 1. The maximum Gasteiger partial charge on any atom is 0.407 e. The van der Waals surface area contributed by atoms with Crippen LogP contribution in [0.15, 0.2) is 48.5 Å². The molecule has 2 atom stereocenters. The predicted molar refractivity (Wildman–Crippen MR) is 130 cm³/mol. The van der Waals surface area contributed by atoms with Gasteiger partial charge in [-0.25, -0.2) is 9.59 Å². The fraction of sp³-hybridized carbons (Fsp3) is 0.444. The molecule has 0 spiro atoms. The standard InChI is InChI=1S/C27H32N2O6/c30-18(14-24(31)29-25(26(32)33)17-8-2-1-3-9-17)15-28-27(34)35-16-23-21-12-6-4-10-19(21)20-11-5-7-13-22(20)23/h4-7,10-13,17-18,23,25,30H,1-3,8-9,14-16H2,(H,28,34)(H,29,31)(H,32,33). The van der Waals surface area contributed by atoms with Crippen LogP contribution in [0.4, 0.5) is 4.79 Å². The lowest BCUT2D eigenvalue weighted by molar-refractivity contribution is -0.144. The Balaban J connectivity index is 1.23. The van der Waals surface area contributed by atoms with Gasteiger partial charge in [0.25, 0.3) is 0 Å². The van der Waals surface area contributed by atoms with E-state index in [0.29, 0.717) is 0 Å². The highest BCUT2D eigenvalue weighted by molar-refractivity contribution is 5.84. The number of nitrogens with one attached hydrogen (secondary N) is 2. The number of amides is 2. The van der Waals surface area contributed by atoms with Crippen molar-refractivity contribution < 1.29 is 29.3 Å². The second-order valence-electron chi connectivity index (χ2n) is 9.35. The van der Waals surface area contributed by atoms with Gasteiger partial charge in [0, 0.05) is 12.5 Å². The summed E-state index contributed by atoms with van der Waals surface area (Å²) in [5.74, 6) is -1.78. The molecule has 4 N–H and O–H groups in total. The van der Waals surface area contributed by atoms with Crippen LogP contribution >= 0.6 is 0 Å². The summed E-state index contributed by atoms with van der Waals surface area (Å²) in [7, 11) is 0. The van der Waals surface area contributed by atoms with Crippen LogP contribution in [0.25, 0.3) is 11.1 Å². The molecule has 4 rings (SSSR count). The van der Waals surface area contributed by atoms with E-state index in [2.05, 4.69) is 22.8 Å². The Morgan fingerprint density at radius 2 is 1.54 bits per heavy atom. The highest BCUT2D eigenvalue weighted by Crippen LogP contribution is 2.44. The molecule has 2 aliphatic carbocycles. The molecule has 2 aromatic carbocycles. The molecule has 35 heavy (non-hydrogen) atoms. The largest absolute Gasteiger partial charge is 0.480 e. The third-order valence-electron chi connectivity index (χ3n) is 6.95. The Bertz CT molecular complexity index is 1020. The van der Waals surface area contributed by atoms with Crippen molar-refractivity contribution in [2.75, 3.05) is 13.2 Å². The molecule has 8 heteroatoms. The number of ether oxygens (including phenoxy) is 1. The molecule has 2 amide bonds. The van der Waals surface area contributed by atoms with Gasteiger partial charge >= 0.3 is 12.1 Å². The molecule has 8 nitrogen and oxygen atoms in total. The highest BCUT2D eigenvalue weighted by atomic mass is 16.5. The molecule has 0 radical (unpaired) electrons. The summed E-state index contributed by atoms with van der Waals surface area (Å²) in [6.45, 7) is -0.0244. The van der Waals surface area contributed by atoms with E-state index in [1.165, 1.54) is 0 Å². The van der Waals surface area contributed by atoms with E-state index >= 15 is 0 Å². The number of carboxylic acids is 1. The van der Waals surface area contributed by atoms with E-state index in [0.717, 1.165) is 54.4 Å². The summed E-state index contributed by atoms with van der Waals surface area (Å²) in [6.07, 6.45) is 2.38. The van der Waals surface area contributed by atoms with E-state index < -0.39 is 30.1 Å². The summed E-state index contributed by atoms with van der Waals surface area (Å²) < 4.78 is 5.43. The van der Waals surface area contributed by atoms with Crippen molar-refractivity contribution in [3.05, 3.63) is 59.7 Å². The first-order chi connectivity index (χ1) is 16.9. The summed E-state index contributed by atoms with van der Waals surface area (Å²) in [6, 6.07) is 15.1. The highest BCUT2D eigenvalue weighted by Gasteiger charge is 2.31. The van der Waals surface area contributed by atoms with Crippen LogP contribution in [0.3, 0.4) is 0 Å². The van der Waals surface area contributed by atoms with Crippen LogP contribution in [0.2, 0.25) is 0 Å². The third-order valence-corrected chi connectivity index (χ3v) is 6.95. The maximum atomic E-state index is 12.3. The minimum Gasteiger partial charge on any atom is -0.480 e. The summed E-state index contributed by atoms with van der Waals surface area (Å²) in [5.41, 5.74) is 4.46. The minimum absolute atomic E-state index is 0.0726. The Morgan fingerprint density at radius 3 is 2.14 bits per heavy atom. The zero-order valence-electron chi connectivity index (χ0n) is 19.6. The van der Waals surface area contributed by atoms with Gasteiger partial charge in [-0.05, 0) is 41.0 Å². The smallest absolute Gasteiger partial charge is 0.407 e. The Hall–Kier alpha value is -3.39. The zero-order valence-corrected chi connectivity index (χ0v) is 19.6. The van der Waals surface area contributed by atoms with Crippen LogP contribution in [-0.2, 0) is 14.3 Å². The van der Waals surface area contributed by atoms with Crippen molar-refractivity contribution in [3.63, 3.8) is 0 Å². The molecule has 0 heterocycles. The Kier molecular flexibility index (Phi) is 8.02. The number of carbonyl (C=O) groups excluding carboxylic acids is 2. The third kappa shape index (κ3) is 6.00. The summed E-state index contributed by atoms with van der Waals surface area (Å²) in [5, 5.41) is 24.7. The van der Waals surface area contributed by atoms with Gasteiger partial charge in [-0.3, -0.25) is 4.79 Å². The van der Waals surface area contributed by atoms with E-state index in [1.807, 2.05) is 36.4 Å². The molecule has 2 aliphatic rings. The molecule has 0 saturated heterocycles. The average molecular weight is 481 g/mol. The predicted octanol–water partition coefficient (Wildman–Crippen LogP) is 3.43. The number of aliphatic hydroxyl groups excluding tert-OH is 1. The quantitative estimate of drug-likeness (QED) is 0.436. The molecule has 1 saturated carbocycles. The SMILES string of the molecule is O=C(CC(O)CNC(=O)OCC1c2ccccc2-c2ccccc21)NC(C(=O)O)C1CCCCC1. The van der Waals surface area contributed by atoms with Gasteiger partial charge in [-0.2, -0.15) is 0 Å². The molecular formula is C27H32N2O6. The number of fused-ring (bicyclic) bond motifs is 3.